The van der Waals surface area contributed by atoms with Gasteiger partial charge in [-0.05, 0) is 19.1 Å². The van der Waals surface area contributed by atoms with E-state index < -0.39 is 10.9 Å². The molecule has 124 valence electrons. The number of amides is 1. The molecule has 1 heterocycles. The van der Waals surface area contributed by atoms with Gasteiger partial charge in [-0.3, -0.25) is 14.9 Å². The molecule has 1 aromatic rings. The number of benzene rings is 1. The molecule has 8 heteroatoms. The minimum atomic E-state index is -0.580. The van der Waals surface area contributed by atoms with E-state index in [4.69, 9.17) is 4.74 Å². The lowest BCUT2D eigenvalue weighted by Crippen LogP contribution is -2.48. The predicted molar refractivity (Wildman–Crippen MR) is 83.5 cm³/mol. The fourth-order valence-electron chi connectivity index (χ4n) is 2.54. The third-order valence-corrected chi connectivity index (χ3v) is 3.75. The molecule has 1 saturated heterocycles. The molecule has 2 rings (SSSR count). The Morgan fingerprint density at radius 3 is 2.43 bits per heavy atom. The summed E-state index contributed by atoms with van der Waals surface area (Å²) in [7, 11) is 0. The SMILES string of the molecule is CCOC(=O)c1ccc(N2CCN(C(C)=O)CC2)c([N+](=O)[O-])c1. The number of esters is 1. The summed E-state index contributed by atoms with van der Waals surface area (Å²) < 4.78 is 4.87. The molecule has 8 nitrogen and oxygen atoms in total. The lowest BCUT2D eigenvalue weighted by atomic mass is 10.1. The molecule has 23 heavy (non-hydrogen) atoms. The molecule has 1 amide bonds. The van der Waals surface area contributed by atoms with E-state index in [9.17, 15) is 19.7 Å². The second-order valence-corrected chi connectivity index (χ2v) is 5.17. The molecule has 0 unspecified atom stereocenters. The highest BCUT2D eigenvalue weighted by molar-refractivity contribution is 5.91. The van der Waals surface area contributed by atoms with Gasteiger partial charge in [-0.2, -0.15) is 0 Å². The Bertz CT molecular complexity index is 624. The molecule has 1 fully saturated rings. The highest BCUT2D eigenvalue weighted by Gasteiger charge is 2.26. The van der Waals surface area contributed by atoms with Crippen LogP contribution in [0.25, 0.3) is 0 Å². The summed E-state index contributed by atoms with van der Waals surface area (Å²) in [5.41, 5.74) is 0.475. The molecule has 0 aromatic heterocycles. The van der Waals surface area contributed by atoms with Crippen LogP contribution in [0.2, 0.25) is 0 Å². The number of piperazine rings is 1. The van der Waals surface area contributed by atoms with E-state index in [0.717, 1.165) is 0 Å². The number of hydrogen-bond acceptors (Lipinski definition) is 6. The lowest BCUT2D eigenvalue weighted by molar-refractivity contribution is -0.384. The van der Waals surface area contributed by atoms with Crippen LogP contribution in [0.5, 0.6) is 0 Å². The molecule has 1 aliphatic rings. The number of anilines is 1. The Balaban J connectivity index is 2.24. The first-order chi connectivity index (χ1) is 10.9. The first-order valence-electron chi connectivity index (χ1n) is 7.40. The number of ether oxygens (including phenoxy) is 1. The second kappa shape index (κ2) is 7.08. The van der Waals surface area contributed by atoms with Crippen molar-refractivity contribution in [3.63, 3.8) is 0 Å². The van der Waals surface area contributed by atoms with E-state index in [2.05, 4.69) is 0 Å². The smallest absolute Gasteiger partial charge is 0.338 e. The van der Waals surface area contributed by atoms with Crippen LogP contribution in [0.4, 0.5) is 11.4 Å². The van der Waals surface area contributed by atoms with Crippen molar-refractivity contribution in [2.24, 2.45) is 0 Å². The van der Waals surface area contributed by atoms with Crippen molar-refractivity contribution in [3.8, 4) is 0 Å². The number of carbonyl (C=O) groups excluding carboxylic acids is 2. The maximum Gasteiger partial charge on any atom is 0.338 e. The van der Waals surface area contributed by atoms with Gasteiger partial charge in [0.25, 0.3) is 5.69 Å². The number of hydrogen-bond donors (Lipinski definition) is 0. The summed E-state index contributed by atoms with van der Waals surface area (Å²) in [6.07, 6.45) is 0. The largest absolute Gasteiger partial charge is 0.462 e. The van der Waals surface area contributed by atoms with Gasteiger partial charge in [0, 0.05) is 39.2 Å². The fourth-order valence-corrected chi connectivity index (χ4v) is 2.54. The highest BCUT2D eigenvalue weighted by Crippen LogP contribution is 2.30. The van der Waals surface area contributed by atoms with Crippen LogP contribution < -0.4 is 4.90 Å². The lowest BCUT2D eigenvalue weighted by Gasteiger charge is -2.35. The molecule has 1 aliphatic heterocycles. The summed E-state index contributed by atoms with van der Waals surface area (Å²) in [5, 5.41) is 11.3. The zero-order chi connectivity index (χ0) is 17.0. The summed E-state index contributed by atoms with van der Waals surface area (Å²) in [4.78, 5) is 37.5. The molecule has 0 N–H and O–H groups in total. The zero-order valence-electron chi connectivity index (χ0n) is 13.2. The monoisotopic (exact) mass is 321 g/mol. The maximum absolute atomic E-state index is 11.7. The van der Waals surface area contributed by atoms with Gasteiger partial charge < -0.3 is 14.5 Å². The van der Waals surface area contributed by atoms with E-state index in [-0.39, 0.29) is 23.8 Å². The van der Waals surface area contributed by atoms with Crippen molar-refractivity contribution in [2.75, 3.05) is 37.7 Å². The summed E-state index contributed by atoms with van der Waals surface area (Å²) in [6.45, 7) is 5.46. The van der Waals surface area contributed by atoms with Gasteiger partial charge in [-0.25, -0.2) is 4.79 Å². The van der Waals surface area contributed by atoms with Crippen LogP contribution in [-0.4, -0.2) is 54.5 Å². The van der Waals surface area contributed by atoms with Gasteiger partial charge in [-0.1, -0.05) is 0 Å². The summed E-state index contributed by atoms with van der Waals surface area (Å²) in [6, 6.07) is 4.33. The van der Waals surface area contributed by atoms with E-state index >= 15 is 0 Å². The predicted octanol–water partition coefficient (Wildman–Crippen LogP) is 1.44. The normalized spacial score (nSPS) is 14.5. The second-order valence-electron chi connectivity index (χ2n) is 5.17. The van der Waals surface area contributed by atoms with E-state index in [1.54, 1.807) is 17.9 Å². The fraction of sp³-hybridized carbons (Fsp3) is 0.467. The minimum Gasteiger partial charge on any atom is -0.462 e. The number of carbonyl (C=O) groups is 2. The standard InChI is InChI=1S/C15H19N3O5/c1-3-23-15(20)12-4-5-13(14(10-12)18(21)22)17-8-6-16(7-9-17)11(2)19/h4-5,10H,3,6-9H2,1-2H3. The van der Waals surface area contributed by atoms with Gasteiger partial charge in [0.15, 0.2) is 0 Å². The minimum absolute atomic E-state index is 0.00295. The molecular weight excluding hydrogens is 302 g/mol. The first-order valence-corrected chi connectivity index (χ1v) is 7.40. The van der Waals surface area contributed by atoms with Gasteiger partial charge in [0.1, 0.15) is 5.69 Å². The quantitative estimate of drug-likeness (QED) is 0.473. The van der Waals surface area contributed by atoms with Gasteiger partial charge in [0.05, 0.1) is 17.1 Å². The first kappa shape index (κ1) is 16.7. The van der Waals surface area contributed by atoms with Crippen molar-refractivity contribution in [2.45, 2.75) is 13.8 Å². The molecule has 0 saturated carbocycles. The summed E-state index contributed by atoms with van der Waals surface area (Å²) in [5.74, 6) is -0.583. The van der Waals surface area contributed by atoms with Crippen LogP contribution in [0, 0.1) is 10.1 Å². The Kier molecular flexibility index (Phi) is 5.15. The summed E-state index contributed by atoms with van der Waals surface area (Å²) >= 11 is 0. The van der Waals surface area contributed by atoms with Crippen LogP contribution in [0.3, 0.4) is 0 Å². The molecule has 0 bridgehead atoms. The van der Waals surface area contributed by atoms with Gasteiger partial charge >= 0.3 is 5.97 Å². The zero-order valence-corrected chi connectivity index (χ0v) is 13.2. The highest BCUT2D eigenvalue weighted by atomic mass is 16.6. The van der Waals surface area contributed by atoms with Crippen molar-refractivity contribution < 1.29 is 19.2 Å². The molecule has 1 aromatic carbocycles. The van der Waals surface area contributed by atoms with Crippen molar-refractivity contribution in [1.29, 1.82) is 0 Å². The van der Waals surface area contributed by atoms with Crippen molar-refractivity contribution in [1.82, 2.24) is 4.90 Å². The Hall–Kier alpha value is -2.64. The third kappa shape index (κ3) is 3.77. The number of rotatable bonds is 4. The average molecular weight is 321 g/mol. The van der Waals surface area contributed by atoms with Crippen LogP contribution in [-0.2, 0) is 9.53 Å². The topological polar surface area (TPSA) is 93.0 Å². The third-order valence-electron chi connectivity index (χ3n) is 3.75. The van der Waals surface area contributed by atoms with Crippen LogP contribution >= 0.6 is 0 Å². The maximum atomic E-state index is 11.7. The Morgan fingerprint density at radius 1 is 1.26 bits per heavy atom. The van der Waals surface area contributed by atoms with E-state index in [1.807, 2.05) is 4.90 Å². The van der Waals surface area contributed by atoms with Gasteiger partial charge in [-0.15, -0.1) is 0 Å². The van der Waals surface area contributed by atoms with Gasteiger partial charge in [0.2, 0.25) is 5.91 Å². The van der Waals surface area contributed by atoms with Crippen LogP contribution in [0.1, 0.15) is 24.2 Å². The number of nitrogens with zero attached hydrogens (tertiary/aromatic N) is 3. The number of nitro benzene ring substituents is 1. The molecule has 0 aliphatic carbocycles. The molecular formula is C15H19N3O5. The van der Waals surface area contributed by atoms with Crippen LogP contribution in [0.15, 0.2) is 18.2 Å². The molecule has 0 spiro atoms. The van der Waals surface area contributed by atoms with Crippen molar-refractivity contribution in [3.05, 3.63) is 33.9 Å². The molecule has 0 radical (unpaired) electrons. The Morgan fingerprint density at radius 2 is 1.91 bits per heavy atom. The number of nitro groups is 1. The Labute approximate surface area is 133 Å². The van der Waals surface area contributed by atoms with E-state index in [1.165, 1.54) is 19.1 Å². The molecule has 0 atom stereocenters. The van der Waals surface area contributed by atoms with Crippen molar-refractivity contribution >= 4 is 23.3 Å². The average Bonchev–Trinajstić information content (AvgIpc) is 2.54. The van der Waals surface area contributed by atoms with E-state index in [0.29, 0.717) is 31.9 Å².